The molecule has 2 aromatic rings. The first-order chi connectivity index (χ1) is 8.15. The Balaban J connectivity index is 2.55. The molecule has 0 radical (unpaired) electrons. The van der Waals surface area contributed by atoms with Gasteiger partial charge in [-0.2, -0.15) is 0 Å². The summed E-state index contributed by atoms with van der Waals surface area (Å²) in [7, 11) is -2.10. The molecule has 0 spiro atoms. The molecule has 0 saturated heterocycles. The van der Waals surface area contributed by atoms with Gasteiger partial charge in [-0.15, -0.1) is 0 Å². The van der Waals surface area contributed by atoms with Crippen LogP contribution in [0.15, 0.2) is 60.7 Å². The molecule has 0 amide bonds. The molecule has 0 saturated carbocycles. The SMILES string of the molecule is CC(c1ccccc1)(c1ccccc1)P(O)O. The summed E-state index contributed by atoms with van der Waals surface area (Å²) in [4.78, 5) is 19.6. The maximum absolute atomic E-state index is 9.80. The van der Waals surface area contributed by atoms with Crippen molar-refractivity contribution in [2.45, 2.75) is 12.1 Å². The van der Waals surface area contributed by atoms with Gasteiger partial charge in [0, 0.05) is 0 Å². The van der Waals surface area contributed by atoms with E-state index < -0.39 is 13.5 Å². The molecule has 0 bridgehead atoms. The average Bonchev–Trinajstić information content (AvgIpc) is 2.39. The van der Waals surface area contributed by atoms with Gasteiger partial charge in [0.15, 0.2) is 8.38 Å². The van der Waals surface area contributed by atoms with E-state index in [1.165, 1.54) is 0 Å². The first kappa shape index (κ1) is 12.3. The first-order valence-electron chi connectivity index (χ1n) is 5.44. The normalized spacial score (nSPS) is 11.8. The molecule has 0 heterocycles. The quantitative estimate of drug-likeness (QED) is 0.816. The third-order valence-corrected chi connectivity index (χ3v) is 4.39. The van der Waals surface area contributed by atoms with Gasteiger partial charge in [0.25, 0.3) is 0 Å². The Hall–Kier alpha value is -1.21. The van der Waals surface area contributed by atoms with Gasteiger partial charge < -0.3 is 9.79 Å². The third-order valence-electron chi connectivity index (χ3n) is 3.07. The lowest BCUT2D eigenvalue weighted by Gasteiger charge is -2.31. The van der Waals surface area contributed by atoms with Crippen LogP contribution in [0, 0.1) is 0 Å². The minimum atomic E-state index is -2.10. The molecule has 3 heteroatoms. The van der Waals surface area contributed by atoms with Crippen molar-refractivity contribution in [1.82, 2.24) is 0 Å². The molecule has 0 aliphatic heterocycles. The Morgan fingerprint density at radius 1 is 0.765 bits per heavy atom. The van der Waals surface area contributed by atoms with E-state index in [4.69, 9.17) is 0 Å². The van der Waals surface area contributed by atoms with Gasteiger partial charge in [-0.25, -0.2) is 0 Å². The summed E-state index contributed by atoms with van der Waals surface area (Å²) in [5.74, 6) is 0. The van der Waals surface area contributed by atoms with E-state index in [2.05, 4.69) is 0 Å². The zero-order valence-corrected chi connectivity index (χ0v) is 10.5. The highest BCUT2D eigenvalue weighted by Crippen LogP contribution is 2.53. The molecule has 2 rings (SSSR count). The largest absolute Gasteiger partial charge is 0.349 e. The lowest BCUT2D eigenvalue weighted by atomic mass is 9.92. The Morgan fingerprint density at radius 3 is 1.41 bits per heavy atom. The van der Waals surface area contributed by atoms with E-state index in [0.717, 1.165) is 11.1 Å². The zero-order chi connectivity index (χ0) is 12.3. The lowest BCUT2D eigenvalue weighted by molar-refractivity contribution is 0.448. The van der Waals surface area contributed by atoms with Crippen molar-refractivity contribution in [3.63, 3.8) is 0 Å². The van der Waals surface area contributed by atoms with E-state index in [0.29, 0.717) is 0 Å². The van der Waals surface area contributed by atoms with E-state index >= 15 is 0 Å². The van der Waals surface area contributed by atoms with Crippen LogP contribution in [0.5, 0.6) is 0 Å². The molecule has 2 nitrogen and oxygen atoms in total. The Kier molecular flexibility index (Phi) is 3.58. The van der Waals surface area contributed by atoms with Crippen molar-refractivity contribution >= 4 is 8.38 Å². The van der Waals surface area contributed by atoms with E-state index in [-0.39, 0.29) is 0 Å². The summed E-state index contributed by atoms with van der Waals surface area (Å²) in [5, 5.41) is -0.738. The molecule has 2 N–H and O–H groups in total. The summed E-state index contributed by atoms with van der Waals surface area (Å²) in [5.41, 5.74) is 1.84. The van der Waals surface area contributed by atoms with Gasteiger partial charge in [-0.1, -0.05) is 60.7 Å². The predicted octanol–water partition coefficient (Wildman–Crippen LogP) is 3.25. The first-order valence-corrected chi connectivity index (χ1v) is 6.69. The van der Waals surface area contributed by atoms with Crippen LogP contribution in [-0.2, 0) is 5.16 Å². The molecule has 0 atom stereocenters. The molecule has 2 aromatic carbocycles. The number of rotatable bonds is 3. The van der Waals surface area contributed by atoms with E-state index in [1.54, 1.807) is 0 Å². The monoisotopic (exact) mass is 246 g/mol. The van der Waals surface area contributed by atoms with Gasteiger partial charge in [0.2, 0.25) is 0 Å². The van der Waals surface area contributed by atoms with Crippen LogP contribution in [0.1, 0.15) is 18.1 Å². The number of benzene rings is 2. The predicted molar refractivity (Wildman–Crippen MR) is 70.7 cm³/mol. The fourth-order valence-electron chi connectivity index (χ4n) is 1.92. The lowest BCUT2D eigenvalue weighted by Crippen LogP contribution is -2.21. The highest BCUT2D eigenvalue weighted by Gasteiger charge is 2.36. The van der Waals surface area contributed by atoms with Gasteiger partial charge in [0.05, 0.1) is 5.16 Å². The summed E-state index contributed by atoms with van der Waals surface area (Å²) in [6.45, 7) is 1.86. The van der Waals surface area contributed by atoms with Gasteiger partial charge >= 0.3 is 0 Å². The van der Waals surface area contributed by atoms with Gasteiger partial charge in [0.1, 0.15) is 0 Å². The van der Waals surface area contributed by atoms with Crippen molar-refractivity contribution in [2.24, 2.45) is 0 Å². The Labute approximate surface area is 102 Å². The zero-order valence-electron chi connectivity index (χ0n) is 9.62. The van der Waals surface area contributed by atoms with Crippen molar-refractivity contribution in [1.29, 1.82) is 0 Å². The van der Waals surface area contributed by atoms with Crippen LogP contribution >= 0.6 is 8.38 Å². The second-order valence-electron chi connectivity index (χ2n) is 4.09. The molecule has 0 aromatic heterocycles. The number of hydrogen-bond acceptors (Lipinski definition) is 2. The molecule has 0 aliphatic carbocycles. The third kappa shape index (κ3) is 2.25. The second-order valence-corrected chi connectivity index (χ2v) is 5.57. The van der Waals surface area contributed by atoms with Gasteiger partial charge in [-0.3, -0.25) is 0 Å². The van der Waals surface area contributed by atoms with Crippen LogP contribution in [0.4, 0.5) is 0 Å². The fourth-order valence-corrected chi connectivity index (χ4v) is 2.68. The van der Waals surface area contributed by atoms with Crippen molar-refractivity contribution in [3.05, 3.63) is 71.8 Å². The average molecular weight is 246 g/mol. The Bertz CT molecular complexity index is 429. The van der Waals surface area contributed by atoms with Crippen LogP contribution in [0.2, 0.25) is 0 Å². The highest BCUT2D eigenvalue weighted by molar-refractivity contribution is 7.46. The van der Waals surface area contributed by atoms with Gasteiger partial charge in [-0.05, 0) is 18.1 Å². The molecule has 88 valence electrons. The standard InChI is InChI=1S/C14H15O2P/c1-14(17(15)16,12-8-4-2-5-9-12)13-10-6-3-7-11-13/h2-11,15-16H,1H3. The van der Waals surface area contributed by atoms with E-state index in [9.17, 15) is 9.79 Å². The van der Waals surface area contributed by atoms with Crippen LogP contribution in [0.25, 0.3) is 0 Å². The topological polar surface area (TPSA) is 40.5 Å². The summed E-state index contributed by atoms with van der Waals surface area (Å²) in [6.07, 6.45) is 0. The molecule has 0 aliphatic rings. The number of hydrogen-bond donors (Lipinski definition) is 2. The van der Waals surface area contributed by atoms with Crippen molar-refractivity contribution in [3.8, 4) is 0 Å². The maximum Gasteiger partial charge on any atom is 0.180 e. The summed E-state index contributed by atoms with van der Waals surface area (Å²) >= 11 is 0. The second kappa shape index (κ2) is 4.97. The molecule has 0 unspecified atom stereocenters. The highest BCUT2D eigenvalue weighted by atomic mass is 31.2. The summed E-state index contributed by atoms with van der Waals surface area (Å²) in [6, 6.07) is 19.2. The maximum atomic E-state index is 9.80. The minimum absolute atomic E-state index is 0.738. The molecular weight excluding hydrogens is 231 g/mol. The van der Waals surface area contributed by atoms with Crippen molar-refractivity contribution in [2.75, 3.05) is 0 Å². The van der Waals surface area contributed by atoms with Crippen LogP contribution in [-0.4, -0.2) is 9.79 Å². The van der Waals surface area contributed by atoms with E-state index in [1.807, 2.05) is 67.6 Å². The summed E-state index contributed by atoms with van der Waals surface area (Å²) < 4.78 is 0. The van der Waals surface area contributed by atoms with Crippen molar-refractivity contribution < 1.29 is 9.79 Å². The smallest absolute Gasteiger partial charge is 0.180 e. The van der Waals surface area contributed by atoms with Crippen LogP contribution in [0.3, 0.4) is 0 Å². The fraction of sp³-hybridized carbons (Fsp3) is 0.143. The van der Waals surface area contributed by atoms with Crippen LogP contribution < -0.4 is 0 Å². The minimum Gasteiger partial charge on any atom is -0.349 e. The molecular formula is C14H15O2P. The Morgan fingerprint density at radius 2 is 1.12 bits per heavy atom. The molecule has 0 fully saturated rings. The molecule has 17 heavy (non-hydrogen) atoms.